The molecule has 6 nitrogen and oxygen atoms in total. The summed E-state index contributed by atoms with van der Waals surface area (Å²) in [5.41, 5.74) is 5.57. The molecule has 0 spiro atoms. The number of hydrogen-bond donors (Lipinski definition) is 2. The van der Waals surface area contributed by atoms with Gasteiger partial charge in [0.25, 0.3) is 0 Å². The van der Waals surface area contributed by atoms with Crippen LogP contribution in [0, 0.1) is 5.92 Å². The van der Waals surface area contributed by atoms with Crippen LogP contribution >= 0.6 is 0 Å². The van der Waals surface area contributed by atoms with Gasteiger partial charge in [0.05, 0.1) is 6.54 Å². The average molecular weight is 225 g/mol. The molecule has 3 N–H and O–H groups in total. The van der Waals surface area contributed by atoms with E-state index in [1.54, 1.807) is 11.9 Å². The molecule has 0 aliphatic heterocycles. The van der Waals surface area contributed by atoms with E-state index in [4.69, 9.17) is 5.73 Å². The number of aromatic amines is 1. The van der Waals surface area contributed by atoms with Crippen LogP contribution in [-0.2, 0) is 11.3 Å². The van der Waals surface area contributed by atoms with Crippen LogP contribution in [0.15, 0.2) is 6.33 Å². The number of nitrogens with two attached hydrogens (primary N) is 1. The number of carbonyl (C=O) groups is 1. The Kier molecular flexibility index (Phi) is 4.91. The molecule has 1 unspecified atom stereocenters. The molecule has 0 radical (unpaired) electrons. The molecular formula is C10H19N5O. The fourth-order valence-electron chi connectivity index (χ4n) is 1.42. The van der Waals surface area contributed by atoms with Gasteiger partial charge in [0, 0.05) is 13.5 Å². The second-order valence-corrected chi connectivity index (χ2v) is 3.90. The molecule has 0 bridgehead atoms. The first-order valence-corrected chi connectivity index (χ1v) is 5.45. The first kappa shape index (κ1) is 12.6. The van der Waals surface area contributed by atoms with E-state index >= 15 is 0 Å². The van der Waals surface area contributed by atoms with Crippen LogP contribution in [0.5, 0.6) is 0 Å². The maximum absolute atomic E-state index is 11.8. The smallest absolute Gasteiger partial charge is 0.223 e. The number of nitrogens with zero attached hydrogens (tertiary/aromatic N) is 3. The van der Waals surface area contributed by atoms with E-state index in [-0.39, 0.29) is 11.8 Å². The quantitative estimate of drug-likeness (QED) is 0.720. The molecule has 1 aromatic rings. The summed E-state index contributed by atoms with van der Waals surface area (Å²) in [5.74, 6) is 1.05. The predicted molar refractivity (Wildman–Crippen MR) is 60.3 cm³/mol. The first-order chi connectivity index (χ1) is 7.67. The molecule has 1 aromatic heterocycles. The van der Waals surface area contributed by atoms with Gasteiger partial charge in [0.15, 0.2) is 0 Å². The number of aromatic nitrogens is 3. The SMILES string of the molecule is CCC(CN)CC(=O)N(C)Cc1ncn[nH]1. The van der Waals surface area contributed by atoms with Gasteiger partial charge in [-0.15, -0.1) is 0 Å². The van der Waals surface area contributed by atoms with Gasteiger partial charge in [-0.05, 0) is 12.5 Å². The Hall–Kier alpha value is -1.43. The number of nitrogens with one attached hydrogen (secondary N) is 1. The fraction of sp³-hybridized carbons (Fsp3) is 0.700. The van der Waals surface area contributed by atoms with Crippen molar-refractivity contribution in [1.82, 2.24) is 20.1 Å². The van der Waals surface area contributed by atoms with Crippen LogP contribution in [0.2, 0.25) is 0 Å². The van der Waals surface area contributed by atoms with Crippen molar-refractivity contribution in [2.75, 3.05) is 13.6 Å². The minimum absolute atomic E-state index is 0.0914. The highest BCUT2D eigenvalue weighted by atomic mass is 16.2. The molecule has 0 saturated carbocycles. The second kappa shape index (κ2) is 6.22. The Morgan fingerprint density at radius 2 is 2.44 bits per heavy atom. The molecule has 1 rings (SSSR count). The zero-order valence-corrected chi connectivity index (χ0v) is 9.81. The van der Waals surface area contributed by atoms with Crippen molar-refractivity contribution in [3.05, 3.63) is 12.2 Å². The minimum Gasteiger partial charge on any atom is -0.338 e. The maximum Gasteiger partial charge on any atom is 0.223 e. The molecule has 1 atom stereocenters. The standard InChI is InChI=1S/C10H19N5O/c1-3-8(5-11)4-10(16)15(2)6-9-12-7-13-14-9/h7-8H,3-6,11H2,1-2H3,(H,12,13,14). The number of H-pyrrole nitrogens is 1. The van der Waals surface area contributed by atoms with Gasteiger partial charge in [-0.1, -0.05) is 13.3 Å². The normalized spacial score (nSPS) is 12.4. The largest absolute Gasteiger partial charge is 0.338 e. The van der Waals surface area contributed by atoms with E-state index < -0.39 is 0 Å². The Labute approximate surface area is 95.2 Å². The Bertz CT molecular complexity index is 307. The lowest BCUT2D eigenvalue weighted by Crippen LogP contribution is -2.30. The molecule has 0 aliphatic rings. The third kappa shape index (κ3) is 3.62. The van der Waals surface area contributed by atoms with Crippen LogP contribution in [0.4, 0.5) is 0 Å². The van der Waals surface area contributed by atoms with E-state index in [1.165, 1.54) is 6.33 Å². The highest BCUT2D eigenvalue weighted by Gasteiger charge is 2.15. The van der Waals surface area contributed by atoms with Gasteiger partial charge in [-0.25, -0.2) is 4.98 Å². The topological polar surface area (TPSA) is 87.9 Å². The predicted octanol–water partition coefficient (Wildman–Crippen LogP) is 0.138. The lowest BCUT2D eigenvalue weighted by atomic mass is 10.0. The second-order valence-electron chi connectivity index (χ2n) is 3.90. The minimum atomic E-state index is 0.0914. The fourth-order valence-corrected chi connectivity index (χ4v) is 1.42. The average Bonchev–Trinajstić information content (AvgIpc) is 2.78. The summed E-state index contributed by atoms with van der Waals surface area (Å²) in [7, 11) is 1.76. The van der Waals surface area contributed by atoms with Gasteiger partial charge in [0.1, 0.15) is 12.2 Å². The summed E-state index contributed by atoms with van der Waals surface area (Å²) >= 11 is 0. The van der Waals surface area contributed by atoms with Crippen molar-refractivity contribution >= 4 is 5.91 Å². The van der Waals surface area contributed by atoms with Gasteiger partial charge in [-0.2, -0.15) is 5.10 Å². The molecule has 1 amide bonds. The molecule has 0 aromatic carbocycles. The van der Waals surface area contributed by atoms with Gasteiger partial charge < -0.3 is 10.6 Å². The summed E-state index contributed by atoms with van der Waals surface area (Å²) < 4.78 is 0. The summed E-state index contributed by atoms with van der Waals surface area (Å²) in [6.07, 6.45) is 2.86. The van der Waals surface area contributed by atoms with Gasteiger partial charge in [0.2, 0.25) is 5.91 Å². The van der Waals surface area contributed by atoms with Crippen LogP contribution in [0.25, 0.3) is 0 Å². The van der Waals surface area contributed by atoms with E-state index in [1.807, 2.05) is 6.92 Å². The van der Waals surface area contributed by atoms with E-state index in [2.05, 4.69) is 15.2 Å². The van der Waals surface area contributed by atoms with Crippen LogP contribution in [-0.4, -0.2) is 39.6 Å². The molecule has 0 fully saturated rings. The maximum atomic E-state index is 11.8. The molecule has 0 aliphatic carbocycles. The summed E-state index contributed by atoms with van der Waals surface area (Å²) in [5, 5.41) is 6.46. The van der Waals surface area contributed by atoms with Crippen molar-refractivity contribution < 1.29 is 4.79 Å². The van der Waals surface area contributed by atoms with Gasteiger partial charge >= 0.3 is 0 Å². The highest BCUT2D eigenvalue weighted by Crippen LogP contribution is 2.09. The third-order valence-electron chi connectivity index (χ3n) is 2.65. The summed E-state index contributed by atoms with van der Waals surface area (Å²) in [4.78, 5) is 17.4. The van der Waals surface area contributed by atoms with Crippen LogP contribution in [0.3, 0.4) is 0 Å². The van der Waals surface area contributed by atoms with Crippen molar-refractivity contribution in [2.24, 2.45) is 11.7 Å². The lowest BCUT2D eigenvalue weighted by Gasteiger charge is -2.18. The molecule has 90 valence electrons. The van der Waals surface area contributed by atoms with Crippen molar-refractivity contribution in [2.45, 2.75) is 26.3 Å². The van der Waals surface area contributed by atoms with Crippen molar-refractivity contribution in [1.29, 1.82) is 0 Å². The highest BCUT2D eigenvalue weighted by molar-refractivity contribution is 5.76. The molecular weight excluding hydrogens is 206 g/mol. The van der Waals surface area contributed by atoms with Crippen molar-refractivity contribution in [3.63, 3.8) is 0 Å². The molecule has 6 heteroatoms. The zero-order chi connectivity index (χ0) is 12.0. The zero-order valence-electron chi connectivity index (χ0n) is 9.81. The number of carbonyl (C=O) groups excluding carboxylic acids is 1. The number of amides is 1. The van der Waals surface area contributed by atoms with Crippen LogP contribution in [0.1, 0.15) is 25.6 Å². The Balaban J connectivity index is 2.41. The van der Waals surface area contributed by atoms with Crippen LogP contribution < -0.4 is 5.73 Å². The molecule has 1 heterocycles. The Morgan fingerprint density at radius 3 is 2.94 bits per heavy atom. The van der Waals surface area contributed by atoms with Gasteiger partial charge in [-0.3, -0.25) is 9.89 Å². The van der Waals surface area contributed by atoms with E-state index in [0.29, 0.717) is 25.3 Å². The number of rotatable bonds is 6. The molecule has 16 heavy (non-hydrogen) atoms. The third-order valence-corrected chi connectivity index (χ3v) is 2.65. The lowest BCUT2D eigenvalue weighted by molar-refractivity contribution is -0.131. The first-order valence-electron chi connectivity index (χ1n) is 5.45. The summed E-state index contributed by atoms with van der Waals surface area (Å²) in [6, 6.07) is 0. The monoisotopic (exact) mass is 225 g/mol. The summed E-state index contributed by atoms with van der Waals surface area (Å²) in [6.45, 7) is 3.06. The van der Waals surface area contributed by atoms with E-state index in [0.717, 1.165) is 6.42 Å². The van der Waals surface area contributed by atoms with Crippen molar-refractivity contribution in [3.8, 4) is 0 Å². The number of hydrogen-bond acceptors (Lipinski definition) is 4. The Morgan fingerprint density at radius 1 is 1.69 bits per heavy atom. The molecule has 0 saturated heterocycles. The van der Waals surface area contributed by atoms with E-state index in [9.17, 15) is 4.79 Å².